The lowest BCUT2D eigenvalue weighted by atomic mass is 9.68. The first-order valence-corrected chi connectivity index (χ1v) is 19.8. The second-order valence-electron chi connectivity index (χ2n) is 14.3. The molecule has 2 aromatic carbocycles. The number of fused-ring (bicyclic) bond motifs is 4. The van der Waals surface area contributed by atoms with E-state index >= 15 is 0 Å². The van der Waals surface area contributed by atoms with Crippen LogP contribution in [0.5, 0.6) is 5.75 Å². The van der Waals surface area contributed by atoms with Gasteiger partial charge in [0, 0.05) is 62.3 Å². The van der Waals surface area contributed by atoms with Crippen molar-refractivity contribution >= 4 is 39.0 Å². The molecule has 12 heteroatoms. The first-order valence-electron chi connectivity index (χ1n) is 17.7. The van der Waals surface area contributed by atoms with Gasteiger partial charge in [-0.2, -0.15) is 5.10 Å². The Hall–Kier alpha value is -3.67. The Morgan fingerprint density at radius 1 is 1.18 bits per heavy atom. The van der Waals surface area contributed by atoms with E-state index in [4.69, 9.17) is 21.1 Å². The molecule has 1 fully saturated rings. The Morgan fingerprint density at radius 3 is 2.84 bits per heavy atom. The van der Waals surface area contributed by atoms with Crippen molar-refractivity contribution in [1.29, 1.82) is 0 Å². The average Bonchev–Trinajstić information content (AvgIpc) is 3.44. The molecule has 0 unspecified atom stereocenters. The van der Waals surface area contributed by atoms with E-state index in [-0.39, 0.29) is 23.7 Å². The standard InChI is InChI=1S/C38H46ClN5O5S/c1-43-19-17-30(40-43)12-16-36(45)41-50(47)20-5-3-4-8-34(48-2)31-13-9-28(31)23-44-24-38(18-6-7-26-21-29(39)11-14-32(26)38)25-49-35-15-10-27(22-33(35)44)37(46)42-50/h4,8,10-11,14-15,17,19,21-22,28,31,34H,3,5-7,9,12-13,16,18,20,23-25H2,1-2H3,(H,41,42,45,46,47)/b8-4+/t28-,31+,34-,38-,50+/m0/s1. The maximum atomic E-state index is 14.2. The van der Waals surface area contributed by atoms with Gasteiger partial charge in [0.05, 0.1) is 29.8 Å². The summed E-state index contributed by atoms with van der Waals surface area (Å²) < 4.78 is 35.4. The number of nitrogens with one attached hydrogen (secondary N) is 1. The summed E-state index contributed by atoms with van der Waals surface area (Å²) in [6, 6.07) is 13.4. The number of aryl methyl sites for hydroxylation is 3. The molecule has 4 aliphatic rings. The van der Waals surface area contributed by atoms with Gasteiger partial charge in [0.2, 0.25) is 5.91 Å². The van der Waals surface area contributed by atoms with Crippen LogP contribution in [0, 0.1) is 11.8 Å². The topological polar surface area (TPSA) is 115 Å². The molecule has 1 N–H and O–H groups in total. The summed E-state index contributed by atoms with van der Waals surface area (Å²) in [7, 11) is 0.166. The Kier molecular flexibility index (Phi) is 10.1. The summed E-state index contributed by atoms with van der Waals surface area (Å²) in [5, 5.41) is 5.07. The molecule has 1 aromatic heterocycles. The number of methoxy groups -OCH3 is 1. The largest absolute Gasteiger partial charge is 0.490 e. The first kappa shape index (κ1) is 34.8. The number of carbonyl (C=O) groups is 2. The van der Waals surface area contributed by atoms with Crippen molar-refractivity contribution in [1.82, 2.24) is 14.5 Å². The van der Waals surface area contributed by atoms with Crippen molar-refractivity contribution in [3.05, 3.63) is 88.2 Å². The third kappa shape index (κ3) is 7.36. The highest BCUT2D eigenvalue weighted by Gasteiger charge is 2.44. The number of rotatable bonds is 5. The summed E-state index contributed by atoms with van der Waals surface area (Å²) >= 11 is 6.45. The number of aromatic nitrogens is 2. The fraction of sp³-hybridized carbons (Fsp3) is 0.500. The summed E-state index contributed by atoms with van der Waals surface area (Å²) in [6.07, 6.45) is 12.7. The third-order valence-corrected chi connectivity index (χ3v) is 13.0. The molecule has 50 heavy (non-hydrogen) atoms. The minimum Gasteiger partial charge on any atom is -0.490 e. The van der Waals surface area contributed by atoms with Gasteiger partial charge in [0.1, 0.15) is 15.7 Å². The molecule has 266 valence electrons. The molecule has 1 spiro atoms. The fourth-order valence-corrected chi connectivity index (χ4v) is 10.0. The van der Waals surface area contributed by atoms with Gasteiger partial charge < -0.3 is 14.4 Å². The number of halogens is 1. The van der Waals surface area contributed by atoms with Gasteiger partial charge in [0.15, 0.2) is 0 Å². The van der Waals surface area contributed by atoms with Crippen molar-refractivity contribution in [2.24, 2.45) is 23.2 Å². The second-order valence-corrected chi connectivity index (χ2v) is 16.8. The summed E-state index contributed by atoms with van der Waals surface area (Å²) in [6.45, 7) is 2.03. The van der Waals surface area contributed by atoms with Crippen molar-refractivity contribution in [3.63, 3.8) is 0 Å². The van der Waals surface area contributed by atoms with Crippen LogP contribution in [0.15, 0.2) is 65.2 Å². The number of hydrogen-bond donors (Lipinski definition) is 1. The van der Waals surface area contributed by atoms with Crippen LogP contribution in [0.25, 0.3) is 0 Å². The first-order chi connectivity index (χ1) is 24.1. The summed E-state index contributed by atoms with van der Waals surface area (Å²) in [5.74, 6) is 0.462. The molecule has 0 radical (unpaired) electrons. The molecule has 7 rings (SSSR count). The van der Waals surface area contributed by atoms with Crippen LogP contribution < -0.4 is 14.4 Å². The quantitative estimate of drug-likeness (QED) is 0.312. The maximum absolute atomic E-state index is 14.2. The fourth-order valence-electron chi connectivity index (χ4n) is 8.18. The zero-order valence-corrected chi connectivity index (χ0v) is 30.4. The lowest BCUT2D eigenvalue weighted by Gasteiger charge is -2.46. The lowest BCUT2D eigenvalue weighted by Crippen LogP contribution is -2.49. The molecule has 10 nitrogen and oxygen atoms in total. The number of anilines is 1. The van der Waals surface area contributed by atoms with Gasteiger partial charge in [-0.3, -0.25) is 19.0 Å². The molecule has 3 heterocycles. The average molecular weight is 720 g/mol. The Morgan fingerprint density at radius 2 is 2.06 bits per heavy atom. The van der Waals surface area contributed by atoms with Crippen LogP contribution in [0.2, 0.25) is 5.02 Å². The van der Waals surface area contributed by atoms with E-state index in [0.717, 1.165) is 61.6 Å². The predicted octanol–water partition coefficient (Wildman–Crippen LogP) is 6.21. The predicted molar refractivity (Wildman–Crippen MR) is 195 cm³/mol. The van der Waals surface area contributed by atoms with Gasteiger partial charge in [-0.25, -0.2) is 4.21 Å². The van der Waals surface area contributed by atoms with Crippen molar-refractivity contribution in [2.45, 2.75) is 69.3 Å². The van der Waals surface area contributed by atoms with Crippen LogP contribution in [0.4, 0.5) is 5.69 Å². The SMILES string of the molecule is CO[C@H]1/C=C/CCC[S@@](=O)(NC(=O)CCc2ccn(C)n2)=NC(=O)c2ccc3c(c2)N(C[C@@H]2CC[C@H]21)C[C@@]1(CCCc2cc(Cl)ccc21)CO3. The van der Waals surface area contributed by atoms with E-state index in [1.165, 1.54) is 11.1 Å². The molecule has 2 aliphatic carbocycles. The number of ether oxygens (including phenoxy) is 2. The van der Waals surface area contributed by atoms with E-state index in [1.54, 1.807) is 17.9 Å². The lowest BCUT2D eigenvalue weighted by molar-refractivity contribution is -0.119. The second kappa shape index (κ2) is 14.5. The van der Waals surface area contributed by atoms with E-state index in [1.807, 2.05) is 37.5 Å². The summed E-state index contributed by atoms with van der Waals surface area (Å²) in [4.78, 5) is 29.3. The molecule has 0 saturated heterocycles. The van der Waals surface area contributed by atoms with Crippen LogP contribution in [-0.2, 0) is 44.8 Å². The van der Waals surface area contributed by atoms with E-state index in [0.29, 0.717) is 49.0 Å². The van der Waals surface area contributed by atoms with Crippen LogP contribution >= 0.6 is 11.6 Å². The van der Waals surface area contributed by atoms with Gasteiger partial charge in [-0.05, 0) is 104 Å². The molecule has 1 saturated carbocycles. The van der Waals surface area contributed by atoms with Gasteiger partial charge in [0.25, 0.3) is 5.91 Å². The number of hydrogen-bond acceptors (Lipinski definition) is 7. The highest BCUT2D eigenvalue weighted by atomic mass is 35.5. The number of nitrogens with zero attached hydrogens (tertiary/aromatic N) is 4. The Labute approximate surface area is 299 Å². The van der Waals surface area contributed by atoms with Crippen molar-refractivity contribution in [3.8, 4) is 5.75 Å². The van der Waals surface area contributed by atoms with Crippen molar-refractivity contribution in [2.75, 3.05) is 37.5 Å². The Balaban J connectivity index is 1.24. The van der Waals surface area contributed by atoms with E-state index in [2.05, 4.69) is 43.4 Å². The molecular weight excluding hydrogens is 674 g/mol. The number of carbonyl (C=O) groups excluding carboxylic acids is 2. The van der Waals surface area contributed by atoms with Gasteiger partial charge in [-0.15, -0.1) is 4.36 Å². The maximum Gasteiger partial charge on any atom is 0.286 e. The zero-order chi connectivity index (χ0) is 34.9. The minimum atomic E-state index is -3.41. The molecule has 2 amide bonds. The number of amides is 2. The monoisotopic (exact) mass is 719 g/mol. The van der Waals surface area contributed by atoms with Gasteiger partial charge >= 0.3 is 0 Å². The van der Waals surface area contributed by atoms with Crippen LogP contribution in [0.1, 0.15) is 72.1 Å². The molecule has 2 aliphatic heterocycles. The minimum absolute atomic E-state index is 0.0379. The molecule has 3 aromatic rings. The van der Waals surface area contributed by atoms with Crippen LogP contribution in [-0.4, -0.2) is 64.5 Å². The van der Waals surface area contributed by atoms with Gasteiger partial charge in [-0.1, -0.05) is 29.8 Å². The van der Waals surface area contributed by atoms with Crippen molar-refractivity contribution < 1.29 is 23.3 Å². The molecule has 2 bridgehead atoms. The molecular formula is C38H46ClN5O5S. The number of allylic oxidation sites excluding steroid dienone is 1. The normalized spacial score (nSPS) is 28.7. The highest BCUT2D eigenvalue weighted by molar-refractivity contribution is 7.92. The van der Waals surface area contributed by atoms with Crippen LogP contribution in [0.3, 0.4) is 0 Å². The highest BCUT2D eigenvalue weighted by Crippen LogP contribution is 2.47. The smallest absolute Gasteiger partial charge is 0.286 e. The Bertz CT molecular complexity index is 1920. The zero-order valence-electron chi connectivity index (χ0n) is 28.8. The number of benzene rings is 2. The summed E-state index contributed by atoms with van der Waals surface area (Å²) in [5.41, 5.74) is 4.20. The molecule has 5 atom stereocenters. The van der Waals surface area contributed by atoms with E-state index in [9.17, 15) is 13.8 Å². The third-order valence-electron chi connectivity index (χ3n) is 10.9. The van der Waals surface area contributed by atoms with E-state index < -0.39 is 21.7 Å².